The SMILES string of the molecule is CC(C(=O)[O-])[S+](C)C.CNCC(=O)O. The van der Waals surface area contributed by atoms with Gasteiger partial charge in [-0.3, -0.25) is 4.79 Å². The number of carbonyl (C=O) groups is 2. The molecule has 0 bridgehead atoms. The molecule has 0 aromatic heterocycles. The van der Waals surface area contributed by atoms with Gasteiger partial charge in [0.15, 0.2) is 5.25 Å². The lowest BCUT2D eigenvalue weighted by Crippen LogP contribution is -2.38. The quantitative estimate of drug-likeness (QED) is 0.554. The average Bonchev–Trinajstić information content (AvgIpc) is 2.03. The smallest absolute Gasteiger partial charge is 0.317 e. The fraction of sp³-hybridized carbons (Fsp3) is 0.750. The Morgan fingerprint density at radius 3 is 1.93 bits per heavy atom. The van der Waals surface area contributed by atoms with Gasteiger partial charge in [-0.25, -0.2) is 0 Å². The van der Waals surface area contributed by atoms with Crippen molar-refractivity contribution < 1.29 is 19.8 Å². The Bertz CT molecular complexity index is 184. The number of aliphatic carboxylic acids is 2. The summed E-state index contributed by atoms with van der Waals surface area (Å²) in [6, 6.07) is 0. The second-order valence-corrected chi connectivity index (χ2v) is 5.23. The maximum Gasteiger partial charge on any atom is 0.317 e. The molecule has 0 heterocycles. The van der Waals surface area contributed by atoms with E-state index in [1.807, 2.05) is 12.5 Å². The van der Waals surface area contributed by atoms with Crippen molar-refractivity contribution >= 4 is 22.8 Å². The number of nitrogens with one attached hydrogen (secondary N) is 1. The fourth-order valence-electron chi connectivity index (χ4n) is 0.344. The fourth-order valence-corrected chi connectivity index (χ4v) is 0.729. The van der Waals surface area contributed by atoms with Crippen molar-refractivity contribution in [3.05, 3.63) is 0 Å². The number of carboxylic acid groups (broad SMARTS) is 2. The van der Waals surface area contributed by atoms with Gasteiger partial charge in [0.05, 0.1) is 25.0 Å². The summed E-state index contributed by atoms with van der Waals surface area (Å²) in [5.41, 5.74) is 0. The lowest BCUT2D eigenvalue weighted by Gasteiger charge is -2.07. The summed E-state index contributed by atoms with van der Waals surface area (Å²) >= 11 is 0. The van der Waals surface area contributed by atoms with E-state index in [4.69, 9.17) is 5.11 Å². The van der Waals surface area contributed by atoms with E-state index in [1.165, 1.54) is 0 Å². The third-order valence-corrected chi connectivity index (χ3v) is 2.97. The van der Waals surface area contributed by atoms with Crippen molar-refractivity contribution in [2.45, 2.75) is 12.2 Å². The van der Waals surface area contributed by atoms with Crippen molar-refractivity contribution in [2.75, 3.05) is 26.1 Å². The molecular weight excluding hydrogens is 206 g/mol. The van der Waals surface area contributed by atoms with E-state index in [-0.39, 0.29) is 22.7 Å². The van der Waals surface area contributed by atoms with E-state index >= 15 is 0 Å². The van der Waals surface area contributed by atoms with Crippen LogP contribution in [0.5, 0.6) is 0 Å². The Balaban J connectivity index is 0. The first kappa shape index (κ1) is 15.7. The monoisotopic (exact) mass is 223 g/mol. The number of hydrogen-bond donors (Lipinski definition) is 2. The topological polar surface area (TPSA) is 89.5 Å². The number of likely N-dealkylation sites (N-methyl/N-ethyl adjacent to an activating group) is 1. The molecule has 0 fully saturated rings. The first-order valence-corrected chi connectivity index (χ1v) is 6.07. The molecule has 6 heteroatoms. The summed E-state index contributed by atoms with van der Waals surface area (Å²) in [5.74, 6) is -1.77. The highest BCUT2D eigenvalue weighted by Gasteiger charge is 2.14. The van der Waals surface area contributed by atoms with E-state index < -0.39 is 11.9 Å². The van der Waals surface area contributed by atoms with E-state index in [0.717, 1.165) is 0 Å². The molecule has 0 aromatic carbocycles. The molecule has 14 heavy (non-hydrogen) atoms. The summed E-state index contributed by atoms with van der Waals surface area (Å²) in [7, 11) is 1.54. The van der Waals surface area contributed by atoms with Crippen molar-refractivity contribution in [3.63, 3.8) is 0 Å². The van der Waals surface area contributed by atoms with Crippen LogP contribution in [-0.2, 0) is 20.5 Å². The van der Waals surface area contributed by atoms with Gasteiger partial charge in [0.2, 0.25) is 0 Å². The van der Waals surface area contributed by atoms with E-state index in [2.05, 4.69) is 5.32 Å². The van der Waals surface area contributed by atoms with Crippen LogP contribution >= 0.6 is 0 Å². The summed E-state index contributed by atoms with van der Waals surface area (Å²) in [6.45, 7) is 1.71. The summed E-state index contributed by atoms with van der Waals surface area (Å²) in [4.78, 5) is 19.6. The lowest BCUT2D eigenvalue weighted by molar-refractivity contribution is -0.304. The second kappa shape index (κ2) is 8.83. The summed E-state index contributed by atoms with van der Waals surface area (Å²) < 4.78 is 0. The van der Waals surface area contributed by atoms with Gasteiger partial charge in [-0.05, 0) is 24.9 Å². The maximum absolute atomic E-state index is 10.0. The molecule has 0 aromatic rings. The first-order chi connectivity index (χ1) is 6.32. The standard InChI is InChI=1S/C5H10O2S.C3H7NO2/c1-4(5(6)7)8(2)3;1-4-2-3(5)6/h4H,1-3H3;4H,2H2,1H3,(H,5,6). The molecule has 1 unspecified atom stereocenters. The Labute approximate surface area is 86.9 Å². The largest absolute Gasteiger partial charge is 0.545 e. The van der Waals surface area contributed by atoms with Gasteiger partial charge in [0.1, 0.15) is 0 Å². The minimum Gasteiger partial charge on any atom is -0.545 e. The van der Waals surface area contributed by atoms with Crippen molar-refractivity contribution in [1.29, 1.82) is 0 Å². The molecule has 0 aliphatic rings. The number of carbonyl (C=O) groups excluding carboxylic acids is 1. The normalized spacial score (nSPS) is 11.5. The van der Waals surface area contributed by atoms with E-state index in [9.17, 15) is 14.7 Å². The zero-order valence-corrected chi connectivity index (χ0v) is 9.68. The van der Waals surface area contributed by atoms with Crippen molar-refractivity contribution in [2.24, 2.45) is 0 Å². The van der Waals surface area contributed by atoms with Gasteiger partial charge in [0, 0.05) is 0 Å². The molecule has 0 amide bonds. The van der Waals surface area contributed by atoms with Gasteiger partial charge in [-0.2, -0.15) is 0 Å². The van der Waals surface area contributed by atoms with Crippen LogP contribution in [0.4, 0.5) is 0 Å². The molecule has 1 atom stereocenters. The van der Waals surface area contributed by atoms with Crippen LogP contribution in [0.15, 0.2) is 0 Å². The van der Waals surface area contributed by atoms with E-state index in [0.29, 0.717) is 0 Å². The Hall–Kier alpha value is -0.750. The molecule has 0 saturated carbocycles. The van der Waals surface area contributed by atoms with Crippen molar-refractivity contribution in [1.82, 2.24) is 5.32 Å². The van der Waals surface area contributed by atoms with Crippen molar-refractivity contribution in [3.8, 4) is 0 Å². The van der Waals surface area contributed by atoms with Crippen LogP contribution in [0.1, 0.15) is 6.92 Å². The minimum absolute atomic E-state index is 0.0417. The number of carboxylic acids is 2. The zero-order chi connectivity index (χ0) is 11.7. The summed E-state index contributed by atoms with van der Waals surface area (Å²) in [6.07, 6.45) is 3.78. The number of hydrogen-bond acceptors (Lipinski definition) is 4. The summed E-state index contributed by atoms with van der Waals surface area (Å²) in [5, 5.41) is 20.1. The highest BCUT2D eigenvalue weighted by molar-refractivity contribution is 7.96. The molecular formula is C8H17NO4S. The van der Waals surface area contributed by atoms with Gasteiger partial charge >= 0.3 is 5.97 Å². The number of rotatable bonds is 4. The minimum atomic E-state index is -0.946. The molecule has 0 radical (unpaired) electrons. The first-order valence-electron chi connectivity index (χ1n) is 3.96. The van der Waals surface area contributed by atoms with Crippen LogP contribution in [0.2, 0.25) is 0 Å². The third kappa shape index (κ3) is 11.2. The molecule has 0 aliphatic carbocycles. The van der Waals surface area contributed by atoms with Crippen LogP contribution < -0.4 is 10.4 Å². The average molecular weight is 223 g/mol. The van der Waals surface area contributed by atoms with Gasteiger partial charge in [0.25, 0.3) is 0 Å². The van der Waals surface area contributed by atoms with Gasteiger partial charge in [-0.15, -0.1) is 0 Å². The van der Waals surface area contributed by atoms with Crippen LogP contribution in [0.3, 0.4) is 0 Å². The lowest BCUT2D eigenvalue weighted by atomic mass is 10.5. The van der Waals surface area contributed by atoms with Crippen LogP contribution in [0.25, 0.3) is 0 Å². The Morgan fingerprint density at radius 2 is 1.93 bits per heavy atom. The van der Waals surface area contributed by atoms with Gasteiger partial charge < -0.3 is 20.3 Å². The van der Waals surface area contributed by atoms with E-state index in [1.54, 1.807) is 14.0 Å². The van der Waals surface area contributed by atoms with Gasteiger partial charge in [-0.1, -0.05) is 0 Å². The zero-order valence-electron chi connectivity index (χ0n) is 8.86. The second-order valence-electron chi connectivity index (χ2n) is 2.76. The highest BCUT2D eigenvalue weighted by atomic mass is 32.2. The maximum atomic E-state index is 10.0. The van der Waals surface area contributed by atoms with Crippen LogP contribution in [0, 0.1) is 0 Å². The molecule has 0 rings (SSSR count). The molecule has 2 N–H and O–H groups in total. The molecule has 5 nitrogen and oxygen atoms in total. The highest BCUT2D eigenvalue weighted by Crippen LogP contribution is 1.94. The Morgan fingerprint density at radius 1 is 1.50 bits per heavy atom. The molecule has 0 aliphatic heterocycles. The molecule has 84 valence electrons. The molecule has 0 spiro atoms. The third-order valence-electron chi connectivity index (χ3n) is 1.37. The van der Waals surface area contributed by atoms with Crippen LogP contribution in [-0.4, -0.2) is 48.4 Å². The Kier molecular flexibility index (Phi) is 9.91. The predicted octanol–water partition coefficient (Wildman–Crippen LogP) is -1.71. The predicted molar refractivity (Wildman–Crippen MR) is 55.2 cm³/mol. The molecule has 0 saturated heterocycles.